The van der Waals surface area contributed by atoms with Gasteiger partial charge in [-0.25, -0.2) is 9.38 Å². The minimum absolute atomic E-state index is 0.169. The number of rotatable bonds is 8. The number of morpholine rings is 1. The van der Waals surface area contributed by atoms with E-state index >= 15 is 0 Å². The maximum absolute atomic E-state index is 13.9. The van der Waals surface area contributed by atoms with Crippen molar-refractivity contribution in [1.29, 1.82) is 0 Å². The number of nitrogens with one attached hydrogen (secondary N) is 2. The topological polar surface area (TPSA) is 69.1 Å². The number of aliphatic hydroxyl groups is 1. The van der Waals surface area contributed by atoms with Crippen molar-refractivity contribution in [3.8, 4) is 0 Å². The van der Waals surface area contributed by atoms with E-state index in [1.54, 1.807) is 18.2 Å². The Morgan fingerprint density at radius 2 is 1.80 bits per heavy atom. The molecule has 0 saturated carbocycles. The van der Waals surface area contributed by atoms with Crippen LogP contribution in [0.3, 0.4) is 0 Å². The normalized spacial score (nSPS) is 16.3. The number of nitrogens with zero attached hydrogens (tertiary/aromatic N) is 2. The van der Waals surface area contributed by atoms with E-state index < -0.39 is 11.9 Å². The largest absolute Gasteiger partial charge is 0.386 e. The molecule has 0 aliphatic carbocycles. The third kappa shape index (κ3) is 6.52. The zero-order valence-electron chi connectivity index (χ0n) is 17.5. The van der Waals surface area contributed by atoms with E-state index in [-0.39, 0.29) is 12.1 Å². The third-order valence-corrected chi connectivity index (χ3v) is 5.09. The van der Waals surface area contributed by atoms with Crippen molar-refractivity contribution in [3.05, 3.63) is 71.0 Å². The van der Waals surface area contributed by atoms with Gasteiger partial charge < -0.3 is 20.5 Å². The molecule has 0 aromatic heterocycles. The van der Waals surface area contributed by atoms with Crippen molar-refractivity contribution in [2.24, 2.45) is 4.99 Å². The molecule has 7 heteroatoms. The minimum Gasteiger partial charge on any atom is -0.386 e. The summed E-state index contributed by atoms with van der Waals surface area (Å²) in [5.74, 6) is 0.180. The number of aliphatic hydroxyl groups excluding tert-OH is 1. The van der Waals surface area contributed by atoms with Gasteiger partial charge in [0, 0.05) is 38.3 Å². The molecule has 0 radical (unpaired) electrons. The maximum atomic E-state index is 13.9. The average molecular weight is 415 g/mol. The Balaban J connectivity index is 1.62. The number of ether oxygens (including phenoxy) is 1. The van der Waals surface area contributed by atoms with Gasteiger partial charge in [-0.15, -0.1) is 0 Å². The van der Waals surface area contributed by atoms with Gasteiger partial charge in [0.15, 0.2) is 5.96 Å². The Morgan fingerprint density at radius 3 is 2.53 bits per heavy atom. The van der Waals surface area contributed by atoms with Crippen LogP contribution in [-0.2, 0) is 17.8 Å². The van der Waals surface area contributed by atoms with Gasteiger partial charge in [0.05, 0.1) is 25.9 Å². The van der Waals surface area contributed by atoms with Crippen molar-refractivity contribution in [2.45, 2.75) is 26.1 Å². The Labute approximate surface area is 177 Å². The second-order valence-corrected chi connectivity index (χ2v) is 7.27. The lowest BCUT2D eigenvalue weighted by Gasteiger charge is -2.27. The standard InChI is InChI=1S/C23H31FN4O2/c1-2-25-23(27-16-22(29)20-9-5-6-10-21(20)24)26-15-18-7-3-4-8-19(18)17-28-11-13-30-14-12-28/h3-10,22,29H,2,11-17H2,1H3,(H2,25,26,27). The Hall–Kier alpha value is -2.48. The number of halogens is 1. The molecule has 2 aromatic rings. The summed E-state index contributed by atoms with van der Waals surface area (Å²) < 4.78 is 19.3. The van der Waals surface area contributed by atoms with Crippen LogP contribution < -0.4 is 10.6 Å². The number of aliphatic imine (C=N–C) groups is 1. The van der Waals surface area contributed by atoms with Gasteiger partial charge in [-0.2, -0.15) is 0 Å². The smallest absolute Gasteiger partial charge is 0.191 e. The summed E-state index contributed by atoms with van der Waals surface area (Å²) in [5, 5.41) is 16.6. The number of hydrogen-bond acceptors (Lipinski definition) is 4. The highest BCUT2D eigenvalue weighted by atomic mass is 19.1. The zero-order valence-corrected chi connectivity index (χ0v) is 17.5. The number of hydrogen-bond donors (Lipinski definition) is 3. The summed E-state index contributed by atoms with van der Waals surface area (Å²) in [6.07, 6.45) is -0.955. The molecule has 6 nitrogen and oxygen atoms in total. The van der Waals surface area contributed by atoms with Crippen molar-refractivity contribution in [3.63, 3.8) is 0 Å². The quantitative estimate of drug-likeness (QED) is 0.457. The molecule has 1 aliphatic rings. The van der Waals surface area contributed by atoms with Crippen LogP contribution in [0.4, 0.5) is 4.39 Å². The molecule has 1 heterocycles. The zero-order chi connectivity index (χ0) is 21.2. The second kappa shape index (κ2) is 11.6. The predicted octanol–water partition coefficient (Wildman–Crippen LogP) is 2.45. The molecular weight excluding hydrogens is 383 g/mol. The van der Waals surface area contributed by atoms with Crippen LogP contribution in [-0.4, -0.2) is 55.4 Å². The van der Waals surface area contributed by atoms with Gasteiger partial charge in [0.1, 0.15) is 5.82 Å². The fourth-order valence-electron chi connectivity index (χ4n) is 3.42. The molecule has 1 fully saturated rings. The summed E-state index contributed by atoms with van der Waals surface area (Å²) in [7, 11) is 0. The summed E-state index contributed by atoms with van der Waals surface area (Å²) in [5.41, 5.74) is 2.69. The van der Waals surface area contributed by atoms with Crippen LogP contribution in [0.2, 0.25) is 0 Å². The van der Waals surface area contributed by atoms with Gasteiger partial charge in [-0.05, 0) is 24.1 Å². The molecule has 1 unspecified atom stereocenters. The highest BCUT2D eigenvalue weighted by molar-refractivity contribution is 5.79. The SMILES string of the molecule is CCNC(=NCc1ccccc1CN1CCOCC1)NCC(O)c1ccccc1F. The Bertz CT molecular complexity index is 824. The van der Waals surface area contributed by atoms with Crippen molar-refractivity contribution >= 4 is 5.96 Å². The molecule has 0 amide bonds. The molecule has 3 N–H and O–H groups in total. The molecule has 1 saturated heterocycles. The first-order valence-corrected chi connectivity index (χ1v) is 10.5. The van der Waals surface area contributed by atoms with Gasteiger partial charge in [-0.3, -0.25) is 4.90 Å². The molecule has 3 rings (SSSR count). The van der Waals surface area contributed by atoms with E-state index in [4.69, 9.17) is 4.74 Å². The van der Waals surface area contributed by atoms with Gasteiger partial charge in [-0.1, -0.05) is 42.5 Å². The molecular formula is C23H31FN4O2. The Kier molecular flexibility index (Phi) is 8.62. The van der Waals surface area contributed by atoms with Crippen LogP contribution >= 0.6 is 0 Å². The van der Waals surface area contributed by atoms with Crippen LogP contribution in [0.15, 0.2) is 53.5 Å². The Morgan fingerprint density at radius 1 is 1.10 bits per heavy atom. The van der Waals surface area contributed by atoms with Crippen molar-refractivity contribution in [1.82, 2.24) is 15.5 Å². The summed E-state index contributed by atoms with van der Waals surface area (Å²) in [6.45, 7) is 7.68. The first-order valence-electron chi connectivity index (χ1n) is 10.5. The first-order chi connectivity index (χ1) is 14.7. The minimum atomic E-state index is -0.955. The van der Waals surface area contributed by atoms with E-state index in [2.05, 4.69) is 38.7 Å². The van der Waals surface area contributed by atoms with E-state index in [9.17, 15) is 9.50 Å². The number of benzene rings is 2. The number of guanidine groups is 1. The fraction of sp³-hybridized carbons (Fsp3) is 0.435. The molecule has 162 valence electrons. The van der Waals surface area contributed by atoms with E-state index in [0.717, 1.165) is 38.4 Å². The molecule has 2 aromatic carbocycles. The molecule has 30 heavy (non-hydrogen) atoms. The lowest BCUT2D eigenvalue weighted by molar-refractivity contribution is 0.0341. The van der Waals surface area contributed by atoms with Gasteiger partial charge in [0.2, 0.25) is 0 Å². The first kappa shape index (κ1) is 22.2. The fourth-order valence-corrected chi connectivity index (χ4v) is 3.42. The van der Waals surface area contributed by atoms with Crippen LogP contribution in [0.5, 0.6) is 0 Å². The predicted molar refractivity (Wildman–Crippen MR) is 117 cm³/mol. The van der Waals surface area contributed by atoms with E-state index in [1.807, 2.05) is 13.0 Å². The van der Waals surface area contributed by atoms with E-state index in [1.165, 1.54) is 11.6 Å². The van der Waals surface area contributed by atoms with Crippen molar-refractivity contribution in [2.75, 3.05) is 39.4 Å². The highest BCUT2D eigenvalue weighted by Gasteiger charge is 2.14. The van der Waals surface area contributed by atoms with Crippen LogP contribution in [0.1, 0.15) is 29.7 Å². The molecule has 1 atom stereocenters. The van der Waals surface area contributed by atoms with Crippen LogP contribution in [0.25, 0.3) is 0 Å². The lowest BCUT2D eigenvalue weighted by Crippen LogP contribution is -2.39. The van der Waals surface area contributed by atoms with Crippen LogP contribution in [0, 0.1) is 5.82 Å². The second-order valence-electron chi connectivity index (χ2n) is 7.27. The maximum Gasteiger partial charge on any atom is 0.191 e. The summed E-state index contributed by atoms with van der Waals surface area (Å²) in [4.78, 5) is 7.06. The highest BCUT2D eigenvalue weighted by Crippen LogP contribution is 2.16. The molecule has 1 aliphatic heterocycles. The van der Waals surface area contributed by atoms with Gasteiger partial charge in [0.25, 0.3) is 0 Å². The molecule has 0 bridgehead atoms. The molecule has 0 spiro atoms. The lowest BCUT2D eigenvalue weighted by atomic mass is 10.1. The summed E-state index contributed by atoms with van der Waals surface area (Å²) in [6, 6.07) is 14.6. The third-order valence-electron chi connectivity index (χ3n) is 5.09. The van der Waals surface area contributed by atoms with Gasteiger partial charge >= 0.3 is 0 Å². The van der Waals surface area contributed by atoms with Crippen molar-refractivity contribution < 1.29 is 14.2 Å². The average Bonchev–Trinajstić information content (AvgIpc) is 2.77. The summed E-state index contributed by atoms with van der Waals surface area (Å²) >= 11 is 0. The van der Waals surface area contributed by atoms with E-state index in [0.29, 0.717) is 19.0 Å². The monoisotopic (exact) mass is 414 g/mol.